The Bertz CT molecular complexity index is 1880. The number of nitrogens with two attached hydrogens (primary N) is 1. The number of thioether (sulfide) groups is 2. The molecule has 0 saturated carbocycles. The highest BCUT2D eigenvalue weighted by atomic mass is 32.2. The molecule has 45 heavy (non-hydrogen) atoms. The smallest absolute Gasteiger partial charge is 0.356 e. The number of nitrogen functional groups attached to an aromatic ring is 1. The van der Waals surface area contributed by atoms with Crippen LogP contribution in [0.2, 0.25) is 0 Å². The van der Waals surface area contributed by atoms with Crippen LogP contribution in [-0.4, -0.2) is 60.0 Å². The monoisotopic (exact) mass is 655 g/mol. The van der Waals surface area contributed by atoms with Crippen molar-refractivity contribution < 1.29 is 19.1 Å². The third-order valence-corrected chi connectivity index (χ3v) is 10.6. The lowest BCUT2D eigenvalue weighted by molar-refractivity contribution is -0.154. The Hall–Kier alpha value is -4.66. The molecule has 2 aliphatic heterocycles. The largest absolute Gasteiger partial charge is 0.448 e. The molecule has 1 saturated heterocycles. The van der Waals surface area contributed by atoms with E-state index in [9.17, 15) is 14.4 Å². The predicted molar refractivity (Wildman–Crippen MR) is 173 cm³/mol. The van der Waals surface area contributed by atoms with E-state index in [1.165, 1.54) is 28.0 Å². The van der Waals surface area contributed by atoms with E-state index in [4.69, 9.17) is 10.5 Å². The molecule has 226 valence electrons. The summed E-state index contributed by atoms with van der Waals surface area (Å²) in [6.07, 6.45) is 0.994. The highest BCUT2D eigenvalue weighted by molar-refractivity contribution is 8.06. The SMILES string of the molecule is Nc1nc(SC2=C(C(=O)OC(c3ccccc3)c3ccccc3)N3C(=O)C(NC(=O)Cc4cccs4)[C@H]3SC2)nc2[nH]ncc12. The number of amides is 2. The molecule has 2 aliphatic rings. The minimum atomic E-state index is -0.774. The number of aromatic amines is 1. The fourth-order valence-electron chi connectivity index (χ4n) is 5.19. The van der Waals surface area contributed by atoms with E-state index in [0.29, 0.717) is 26.8 Å². The Balaban J connectivity index is 1.21. The molecule has 14 heteroatoms. The number of anilines is 1. The van der Waals surface area contributed by atoms with Crippen molar-refractivity contribution in [3.8, 4) is 0 Å². The zero-order chi connectivity index (χ0) is 30.9. The molecule has 3 aromatic heterocycles. The van der Waals surface area contributed by atoms with Crippen LogP contribution in [0.1, 0.15) is 22.1 Å². The molecule has 1 fully saturated rings. The Labute approximate surface area is 269 Å². The highest BCUT2D eigenvalue weighted by Crippen LogP contribution is 2.46. The van der Waals surface area contributed by atoms with Gasteiger partial charge in [0.2, 0.25) is 5.91 Å². The minimum Gasteiger partial charge on any atom is -0.448 e. The molecule has 0 bridgehead atoms. The number of nitrogens with one attached hydrogen (secondary N) is 2. The summed E-state index contributed by atoms with van der Waals surface area (Å²) in [6, 6.07) is 21.8. The first-order chi connectivity index (χ1) is 22.0. The summed E-state index contributed by atoms with van der Waals surface area (Å²) < 4.78 is 6.22. The molecule has 0 spiro atoms. The van der Waals surface area contributed by atoms with Gasteiger partial charge in [0, 0.05) is 15.5 Å². The zero-order valence-corrected chi connectivity index (χ0v) is 25.9. The quantitative estimate of drug-likeness (QED) is 0.119. The summed E-state index contributed by atoms with van der Waals surface area (Å²) in [6.45, 7) is 0. The number of aromatic nitrogens is 4. The molecular formula is C31H25N7O4S3. The first-order valence-corrected chi connectivity index (χ1v) is 16.7. The molecule has 2 aromatic carbocycles. The molecule has 1 unspecified atom stereocenters. The predicted octanol–water partition coefficient (Wildman–Crippen LogP) is 4.28. The summed E-state index contributed by atoms with van der Waals surface area (Å²) in [7, 11) is 0. The van der Waals surface area contributed by atoms with Crippen LogP contribution < -0.4 is 11.1 Å². The molecule has 7 rings (SSSR count). The van der Waals surface area contributed by atoms with Gasteiger partial charge in [-0.2, -0.15) is 5.10 Å². The number of fused-ring (bicyclic) bond motifs is 2. The van der Waals surface area contributed by atoms with Gasteiger partial charge in [0.1, 0.15) is 22.9 Å². The van der Waals surface area contributed by atoms with E-state index in [0.717, 1.165) is 27.8 Å². The third-order valence-electron chi connectivity index (χ3n) is 7.32. The van der Waals surface area contributed by atoms with Crippen molar-refractivity contribution in [1.82, 2.24) is 30.4 Å². The summed E-state index contributed by atoms with van der Waals surface area (Å²) >= 11 is 4.06. The van der Waals surface area contributed by atoms with Crippen LogP contribution in [0.3, 0.4) is 0 Å². The van der Waals surface area contributed by atoms with Gasteiger partial charge in [0.25, 0.3) is 5.91 Å². The Morgan fingerprint density at radius 2 is 1.80 bits per heavy atom. The number of carbonyl (C=O) groups excluding carboxylic acids is 3. The van der Waals surface area contributed by atoms with Crippen molar-refractivity contribution in [3.63, 3.8) is 0 Å². The Morgan fingerprint density at radius 3 is 2.49 bits per heavy atom. The van der Waals surface area contributed by atoms with Crippen LogP contribution in [0.15, 0.2) is 100 Å². The second-order valence-corrected chi connectivity index (χ2v) is 13.4. The maximum absolute atomic E-state index is 14.2. The molecule has 11 nitrogen and oxygen atoms in total. The molecule has 2 amide bonds. The second-order valence-electron chi connectivity index (χ2n) is 10.2. The van der Waals surface area contributed by atoms with Crippen LogP contribution in [-0.2, 0) is 25.5 Å². The van der Waals surface area contributed by atoms with Gasteiger partial charge in [0.05, 0.1) is 18.0 Å². The molecule has 2 atom stereocenters. The second kappa shape index (κ2) is 12.4. The number of hydrogen-bond donors (Lipinski definition) is 3. The molecule has 5 aromatic rings. The van der Waals surface area contributed by atoms with Crippen LogP contribution in [0.4, 0.5) is 5.82 Å². The Morgan fingerprint density at radius 1 is 1.07 bits per heavy atom. The lowest BCUT2D eigenvalue weighted by Crippen LogP contribution is -2.70. The third kappa shape index (κ3) is 5.79. The van der Waals surface area contributed by atoms with Gasteiger partial charge in [-0.1, -0.05) is 78.5 Å². The van der Waals surface area contributed by atoms with Crippen molar-refractivity contribution in [2.45, 2.75) is 29.1 Å². The zero-order valence-electron chi connectivity index (χ0n) is 23.5. The van der Waals surface area contributed by atoms with E-state index in [2.05, 4.69) is 25.5 Å². The molecule has 0 aliphatic carbocycles. The summed E-state index contributed by atoms with van der Waals surface area (Å²) in [4.78, 5) is 52.4. The van der Waals surface area contributed by atoms with Gasteiger partial charge in [-0.3, -0.25) is 19.6 Å². The van der Waals surface area contributed by atoms with Crippen LogP contribution >= 0.6 is 34.9 Å². The van der Waals surface area contributed by atoms with Gasteiger partial charge >= 0.3 is 5.97 Å². The van der Waals surface area contributed by atoms with Gasteiger partial charge < -0.3 is 15.8 Å². The van der Waals surface area contributed by atoms with Crippen molar-refractivity contribution in [2.24, 2.45) is 0 Å². The molecule has 4 N–H and O–H groups in total. The average Bonchev–Trinajstić information content (AvgIpc) is 3.76. The average molecular weight is 656 g/mol. The van der Waals surface area contributed by atoms with Crippen molar-refractivity contribution >= 4 is 69.5 Å². The number of rotatable bonds is 9. The van der Waals surface area contributed by atoms with E-state index in [1.54, 1.807) is 6.20 Å². The van der Waals surface area contributed by atoms with Crippen molar-refractivity contribution in [2.75, 3.05) is 11.5 Å². The molecule has 0 radical (unpaired) electrons. The minimum absolute atomic E-state index is 0.0984. The number of esters is 1. The standard InChI is InChI=1S/C31H25N7O4S3/c32-26-20-15-33-37-27(20)36-31(35-26)45-21-16-44-29-23(34-22(39)14-19-12-7-13-43-19)28(40)38(29)24(21)30(41)42-25(17-8-3-1-4-9-17)18-10-5-2-6-11-18/h1-13,15,23,25,29H,14,16H2,(H,34,39)(H3,32,33,35,36,37)/t23?,29-/m1/s1. The van der Waals surface area contributed by atoms with Crippen molar-refractivity contribution in [1.29, 1.82) is 0 Å². The summed E-state index contributed by atoms with van der Waals surface area (Å²) in [5.41, 5.74) is 8.27. The lowest BCUT2D eigenvalue weighted by atomic mass is 10.0. The van der Waals surface area contributed by atoms with Crippen molar-refractivity contribution in [3.05, 3.63) is 111 Å². The van der Waals surface area contributed by atoms with Gasteiger partial charge in [0.15, 0.2) is 16.9 Å². The maximum atomic E-state index is 14.2. The van der Waals surface area contributed by atoms with Gasteiger partial charge in [-0.25, -0.2) is 14.8 Å². The van der Waals surface area contributed by atoms with Gasteiger partial charge in [-0.05, 0) is 22.6 Å². The van der Waals surface area contributed by atoms with Crippen LogP contribution in [0.5, 0.6) is 0 Å². The lowest BCUT2D eigenvalue weighted by Gasteiger charge is -2.49. The van der Waals surface area contributed by atoms with Crippen LogP contribution in [0, 0.1) is 0 Å². The summed E-state index contributed by atoms with van der Waals surface area (Å²) in [5.74, 6) is -0.727. The fourth-order valence-corrected chi connectivity index (χ4v) is 8.31. The van der Waals surface area contributed by atoms with E-state index >= 15 is 0 Å². The molecular weight excluding hydrogens is 631 g/mol. The Kier molecular flexibility index (Phi) is 8.00. The molecule has 5 heterocycles. The number of H-pyrrole nitrogens is 1. The first kappa shape index (κ1) is 29.1. The normalized spacial score (nSPS) is 17.7. The highest BCUT2D eigenvalue weighted by Gasteiger charge is 2.55. The maximum Gasteiger partial charge on any atom is 0.356 e. The van der Waals surface area contributed by atoms with E-state index < -0.39 is 29.4 Å². The number of nitrogens with zero attached hydrogens (tertiary/aromatic N) is 4. The number of thiophene rings is 1. The number of carbonyl (C=O) groups is 3. The van der Waals surface area contributed by atoms with Crippen LogP contribution in [0.25, 0.3) is 11.0 Å². The number of ether oxygens (including phenoxy) is 1. The number of benzene rings is 2. The van der Waals surface area contributed by atoms with E-state index in [-0.39, 0.29) is 23.8 Å². The summed E-state index contributed by atoms with van der Waals surface area (Å²) in [5, 5.41) is 11.9. The van der Waals surface area contributed by atoms with Gasteiger partial charge in [-0.15, -0.1) is 23.1 Å². The number of hydrogen-bond acceptors (Lipinski definition) is 11. The topological polar surface area (TPSA) is 156 Å². The van der Waals surface area contributed by atoms with E-state index in [1.807, 2.05) is 78.2 Å². The first-order valence-electron chi connectivity index (χ1n) is 13.9. The number of β-lactam (4-membered cyclic amide) rings is 1. The fraction of sp³-hybridized carbons (Fsp3) is 0.161.